The maximum absolute atomic E-state index is 11.8. The monoisotopic (exact) mass is 299 g/mol. The summed E-state index contributed by atoms with van der Waals surface area (Å²) in [6.45, 7) is 1.07. The van der Waals surface area contributed by atoms with E-state index in [-0.39, 0.29) is 24.4 Å². The molecule has 6 heteroatoms. The molecule has 114 valence electrons. The van der Waals surface area contributed by atoms with Crippen LogP contribution >= 0.6 is 11.8 Å². The minimum absolute atomic E-state index is 0.0382. The zero-order valence-electron chi connectivity index (χ0n) is 12.0. The lowest BCUT2D eigenvalue weighted by Gasteiger charge is -2.23. The number of carbonyl (C=O) groups excluding carboxylic acids is 2. The van der Waals surface area contributed by atoms with E-state index in [2.05, 4.69) is 16.0 Å². The van der Waals surface area contributed by atoms with Crippen molar-refractivity contribution in [2.24, 2.45) is 0 Å². The summed E-state index contributed by atoms with van der Waals surface area (Å²) in [5.74, 6) is 1.99. The molecule has 0 radical (unpaired) electrons. The van der Waals surface area contributed by atoms with Gasteiger partial charge in [-0.25, -0.2) is 0 Å². The van der Waals surface area contributed by atoms with Crippen LogP contribution in [0.2, 0.25) is 0 Å². The van der Waals surface area contributed by atoms with Crippen molar-refractivity contribution in [3.63, 3.8) is 0 Å². The van der Waals surface area contributed by atoms with E-state index in [1.54, 1.807) is 0 Å². The van der Waals surface area contributed by atoms with Gasteiger partial charge >= 0.3 is 0 Å². The summed E-state index contributed by atoms with van der Waals surface area (Å²) in [5, 5.41) is 9.04. The van der Waals surface area contributed by atoms with Gasteiger partial charge in [-0.2, -0.15) is 11.8 Å². The third-order valence-electron chi connectivity index (χ3n) is 3.85. The number of hydrogen-bond acceptors (Lipinski definition) is 4. The second-order valence-corrected chi connectivity index (χ2v) is 6.76. The van der Waals surface area contributed by atoms with E-state index < -0.39 is 0 Å². The number of rotatable bonds is 5. The Bertz CT molecular complexity index is 294. The highest BCUT2D eigenvalue weighted by Crippen LogP contribution is 2.17. The zero-order valence-corrected chi connectivity index (χ0v) is 12.8. The fourth-order valence-corrected chi connectivity index (χ4v) is 3.70. The standard InChI is InChI=1S/C14H25N3O2S/c18-13(8-12-10-20-7-6-15-12)16-9-14(19)17-11-4-2-1-3-5-11/h11-12,15H,1-10H2,(H,16,18)(H,17,19). The molecular formula is C14H25N3O2S. The molecule has 1 saturated carbocycles. The number of nitrogens with one attached hydrogen (secondary N) is 3. The van der Waals surface area contributed by atoms with Crippen LogP contribution in [0.1, 0.15) is 38.5 Å². The third kappa shape index (κ3) is 5.71. The summed E-state index contributed by atoms with van der Waals surface area (Å²) in [7, 11) is 0. The van der Waals surface area contributed by atoms with E-state index in [0.29, 0.717) is 12.5 Å². The number of carbonyl (C=O) groups is 2. The van der Waals surface area contributed by atoms with Crippen LogP contribution in [0.3, 0.4) is 0 Å². The molecule has 3 N–H and O–H groups in total. The normalized spacial score (nSPS) is 24.1. The lowest BCUT2D eigenvalue weighted by atomic mass is 9.95. The first-order chi connectivity index (χ1) is 9.74. The maximum Gasteiger partial charge on any atom is 0.239 e. The van der Waals surface area contributed by atoms with Gasteiger partial charge in [0.15, 0.2) is 0 Å². The van der Waals surface area contributed by atoms with Gasteiger partial charge in [0.2, 0.25) is 11.8 Å². The van der Waals surface area contributed by atoms with E-state index in [4.69, 9.17) is 0 Å². The van der Waals surface area contributed by atoms with Gasteiger partial charge in [0.1, 0.15) is 0 Å². The Hall–Kier alpha value is -0.750. The SMILES string of the molecule is O=C(CC1CSCCN1)NCC(=O)NC1CCCCC1. The first-order valence-electron chi connectivity index (χ1n) is 7.61. The van der Waals surface area contributed by atoms with Gasteiger partial charge in [-0.15, -0.1) is 0 Å². The smallest absolute Gasteiger partial charge is 0.239 e. The molecule has 5 nitrogen and oxygen atoms in total. The summed E-state index contributed by atoms with van der Waals surface area (Å²) >= 11 is 1.87. The van der Waals surface area contributed by atoms with Gasteiger partial charge in [0, 0.05) is 36.6 Å². The molecule has 20 heavy (non-hydrogen) atoms. The molecule has 0 aromatic rings. The molecule has 2 amide bonds. The van der Waals surface area contributed by atoms with Crippen molar-refractivity contribution in [2.45, 2.75) is 50.6 Å². The predicted molar refractivity (Wildman–Crippen MR) is 81.8 cm³/mol. The molecule has 1 aliphatic heterocycles. The average Bonchev–Trinajstić information content (AvgIpc) is 2.47. The molecule has 2 aliphatic rings. The summed E-state index contributed by atoms with van der Waals surface area (Å²) in [6, 6.07) is 0.555. The van der Waals surface area contributed by atoms with Crippen LogP contribution in [-0.2, 0) is 9.59 Å². The predicted octanol–water partition coefficient (Wildman–Crippen LogP) is 0.647. The van der Waals surface area contributed by atoms with E-state index in [0.717, 1.165) is 30.9 Å². The van der Waals surface area contributed by atoms with Crippen molar-refractivity contribution in [3.8, 4) is 0 Å². The highest BCUT2D eigenvalue weighted by molar-refractivity contribution is 7.99. The molecule has 1 heterocycles. The average molecular weight is 299 g/mol. The van der Waals surface area contributed by atoms with Crippen LogP contribution in [-0.4, -0.2) is 48.5 Å². The molecule has 0 aromatic carbocycles. The van der Waals surface area contributed by atoms with Crippen molar-refractivity contribution in [1.29, 1.82) is 0 Å². The Labute approximate surface area is 125 Å². The summed E-state index contributed by atoms with van der Waals surface area (Å²) in [5.41, 5.74) is 0. The minimum atomic E-state index is -0.0590. The minimum Gasteiger partial charge on any atom is -0.352 e. The molecule has 0 aromatic heterocycles. The van der Waals surface area contributed by atoms with Gasteiger partial charge in [-0.1, -0.05) is 19.3 Å². The largest absolute Gasteiger partial charge is 0.352 e. The molecule has 2 fully saturated rings. The molecule has 1 atom stereocenters. The number of thioether (sulfide) groups is 1. The Kier molecular flexibility index (Phi) is 6.66. The summed E-state index contributed by atoms with van der Waals surface area (Å²) in [6.07, 6.45) is 6.27. The zero-order chi connectivity index (χ0) is 14.2. The van der Waals surface area contributed by atoms with Crippen molar-refractivity contribution in [1.82, 2.24) is 16.0 Å². The van der Waals surface area contributed by atoms with Crippen molar-refractivity contribution >= 4 is 23.6 Å². The molecule has 1 aliphatic carbocycles. The topological polar surface area (TPSA) is 70.2 Å². The first kappa shape index (κ1) is 15.6. The number of amides is 2. The Morgan fingerprint density at radius 2 is 1.95 bits per heavy atom. The van der Waals surface area contributed by atoms with Crippen molar-refractivity contribution in [3.05, 3.63) is 0 Å². The lowest BCUT2D eigenvalue weighted by molar-refractivity contribution is -0.126. The second kappa shape index (κ2) is 8.52. The fourth-order valence-electron chi connectivity index (χ4n) is 2.75. The highest BCUT2D eigenvalue weighted by atomic mass is 32.2. The molecule has 2 rings (SSSR count). The van der Waals surface area contributed by atoms with Crippen molar-refractivity contribution in [2.75, 3.05) is 24.6 Å². The van der Waals surface area contributed by atoms with E-state index in [1.807, 2.05) is 11.8 Å². The lowest BCUT2D eigenvalue weighted by Crippen LogP contribution is -2.45. The van der Waals surface area contributed by atoms with Crippen LogP contribution in [0.5, 0.6) is 0 Å². The second-order valence-electron chi connectivity index (χ2n) is 5.61. The molecule has 0 bridgehead atoms. The van der Waals surface area contributed by atoms with Gasteiger partial charge in [-0.3, -0.25) is 9.59 Å². The van der Waals surface area contributed by atoms with Gasteiger partial charge in [-0.05, 0) is 12.8 Å². The van der Waals surface area contributed by atoms with Crippen LogP contribution in [0, 0.1) is 0 Å². The maximum atomic E-state index is 11.8. The Morgan fingerprint density at radius 1 is 1.15 bits per heavy atom. The Morgan fingerprint density at radius 3 is 2.65 bits per heavy atom. The van der Waals surface area contributed by atoms with E-state index in [9.17, 15) is 9.59 Å². The van der Waals surface area contributed by atoms with E-state index >= 15 is 0 Å². The van der Waals surface area contributed by atoms with Crippen LogP contribution in [0.25, 0.3) is 0 Å². The third-order valence-corrected chi connectivity index (χ3v) is 4.98. The van der Waals surface area contributed by atoms with Crippen molar-refractivity contribution < 1.29 is 9.59 Å². The van der Waals surface area contributed by atoms with Gasteiger partial charge < -0.3 is 16.0 Å². The van der Waals surface area contributed by atoms with E-state index in [1.165, 1.54) is 19.3 Å². The number of hydrogen-bond donors (Lipinski definition) is 3. The van der Waals surface area contributed by atoms with Crippen LogP contribution in [0.4, 0.5) is 0 Å². The molecule has 1 unspecified atom stereocenters. The molecule has 1 saturated heterocycles. The molecule has 0 spiro atoms. The quantitative estimate of drug-likeness (QED) is 0.697. The first-order valence-corrected chi connectivity index (χ1v) is 8.76. The fraction of sp³-hybridized carbons (Fsp3) is 0.857. The summed E-state index contributed by atoms with van der Waals surface area (Å²) in [4.78, 5) is 23.5. The highest BCUT2D eigenvalue weighted by Gasteiger charge is 2.18. The van der Waals surface area contributed by atoms with Gasteiger partial charge in [0.25, 0.3) is 0 Å². The summed E-state index contributed by atoms with van der Waals surface area (Å²) < 4.78 is 0. The van der Waals surface area contributed by atoms with Crippen LogP contribution in [0.15, 0.2) is 0 Å². The van der Waals surface area contributed by atoms with Gasteiger partial charge in [0.05, 0.1) is 6.54 Å². The Balaban J connectivity index is 1.58. The van der Waals surface area contributed by atoms with Crippen LogP contribution < -0.4 is 16.0 Å². The molecular weight excluding hydrogens is 274 g/mol.